The van der Waals surface area contributed by atoms with Gasteiger partial charge < -0.3 is 13.9 Å². The zero-order valence-electron chi connectivity index (χ0n) is 11.1. The molecule has 3 rings (SSSR count). The van der Waals surface area contributed by atoms with Crippen molar-refractivity contribution in [2.24, 2.45) is 0 Å². The molecule has 2 aromatic heterocycles. The molecule has 0 saturated heterocycles. The average Bonchev–Trinajstić information content (AvgIpc) is 2.93. The highest BCUT2D eigenvalue weighted by atomic mass is 79.9. The van der Waals surface area contributed by atoms with E-state index in [2.05, 4.69) is 26.1 Å². The van der Waals surface area contributed by atoms with Crippen LogP contribution >= 0.6 is 15.9 Å². The van der Waals surface area contributed by atoms with E-state index in [-0.39, 0.29) is 22.0 Å². The minimum Gasteiger partial charge on any atom is -0.507 e. The fraction of sp³-hybridized carbons (Fsp3) is 0. The van der Waals surface area contributed by atoms with Gasteiger partial charge in [-0.1, -0.05) is 30.3 Å². The van der Waals surface area contributed by atoms with Gasteiger partial charge in [-0.05, 0) is 6.08 Å². The molecule has 2 heterocycles. The molecular formula is C15H9BrN2O4. The first-order valence-corrected chi connectivity index (χ1v) is 7.02. The molecule has 0 amide bonds. The summed E-state index contributed by atoms with van der Waals surface area (Å²) < 4.78 is 10.3. The van der Waals surface area contributed by atoms with Crippen molar-refractivity contribution < 1.29 is 13.9 Å². The summed E-state index contributed by atoms with van der Waals surface area (Å²) in [6, 6.07) is 10.4. The lowest BCUT2D eigenvalue weighted by atomic mass is 10.1. The third-order valence-electron chi connectivity index (χ3n) is 2.83. The molecule has 0 unspecified atom stereocenters. The van der Waals surface area contributed by atoms with Crippen molar-refractivity contribution >= 4 is 28.1 Å². The summed E-state index contributed by atoms with van der Waals surface area (Å²) in [6.45, 7) is 0. The molecule has 0 radical (unpaired) electrons. The quantitative estimate of drug-likeness (QED) is 0.770. The number of aromatic hydroxyl groups is 1. The van der Waals surface area contributed by atoms with Crippen LogP contribution in [0.1, 0.15) is 11.5 Å². The lowest BCUT2D eigenvalue weighted by Crippen LogP contribution is -2.03. The van der Waals surface area contributed by atoms with E-state index in [9.17, 15) is 9.90 Å². The molecule has 1 aromatic carbocycles. The lowest BCUT2D eigenvalue weighted by molar-refractivity contribution is 0.450. The Morgan fingerprint density at radius 3 is 2.50 bits per heavy atom. The van der Waals surface area contributed by atoms with Gasteiger partial charge in [0.25, 0.3) is 4.80 Å². The maximum Gasteiger partial charge on any atom is 0.347 e. The number of rotatable bonds is 3. The Kier molecular flexibility index (Phi) is 3.88. The molecule has 0 spiro atoms. The van der Waals surface area contributed by atoms with E-state index in [1.807, 2.05) is 18.2 Å². The summed E-state index contributed by atoms with van der Waals surface area (Å²) in [5.41, 5.74) is 0.0500. The Hall–Kier alpha value is -2.67. The van der Waals surface area contributed by atoms with Gasteiger partial charge in [0.15, 0.2) is 0 Å². The van der Waals surface area contributed by atoms with Crippen molar-refractivity contribution in [3.05, 3.63) is 63.1 Å². The minimum atomic E-state index is -0.659. The Balaban J connectivity index is 1.97. The van der Waals surface area contributed by atoms with Crippen LogP contribution in [0, 0.1) is 0 Å². The average molecular weight is 361 g/mol. The van der Waals surface area contributed by atoms with Gasteiger partial charge in [0, 0.05) is 33.6 Å². The van der Waals surface area contributed by atoms with Gasteiger partial charge >= 0.3 is 5.63 Å². The summed E-state index contributed by atoms with van der Waals surface area (Å²) in [7, 11) is 0. The Bertz CT molecular complexity index is 884. The van der Waals surface area contributed by atoms with Crippen molar-refractivity contribution in [3.63, 3.8) is 0 Å². The van der Waals surface area contributed by atoms with E-state index in [4.69, 9.17) is 8.83 Å². The monoisotopic (exact) mass is 360 g/mol. The molecule has 110 valence electrons. The minimum absolute atomic E-state index is 0.00834. The fourth-order valence-electron chi connectivity index (χ4n) is 1.83. The van der Waals surface area contributed by atoms with Gasteiger partial charge in [-0.2, -0.15) is 0 Å². The molecular weight excluding hydrogens is 352 g/mol. The second-order valence-electron chi connectivity index (χ2n) is 4.29. The maximum atomic E-state index is 12.0. The summed E-state index contributed by atoms with van der Waals surface area (Å²) >= 11 is 3.02. The number of hydrogen-bond donors (Lipinski definition) is 1. The van der Waals surface area contributed by atoms with E-state index in [0.717, 1.165) is 0 Å². The van der Waals surface area contributed by atoms with Crippen LogP contribution in [0.4, 0.5) is 0 Å². The van der Waals surface area contributed by atoms with E-state index < -0.39 is 5.63 Å². The molecule has 0 aliphatic carbocycles. The summed E-state index contributed by atoms with van der Waals surface area (Å²) in [6.07, 6.45) is 2.77. The van der Waals surface area contributed by atoms with Crippen molar-refractivity contribution in [2.75, 3.05) is 0 Å². The summed E-state index contributed by atoms with van der Waals surface area (Å²) in [5.74, 6) is 0.295. The van der Waals surface area contributed by atoms with Crippen LogP contribution in [-0.4, -0.2) is 15.3 Å². The highest BCUT2D eigenvalue weighted by molar-refractivity contribution is 9.10. The van der Waals surface area contributed by atoms with Crippen LogP contribution in [0.5, 0.6) is 5.75 Å². The summed E-state index contributed by atoms with van der Waals surface area (Å²) in [5, 5.41) is 17.3. The fourth-order valence-corrected chi connectivity index (χ4v) is 2.07. The van der Waals surface area contributed by atoms with Crippen LogP contribution in [0.25, 0.3) is 23.5 Å². The van der Waals surface area contributed by atoms with Crippen LogP contribution < -0.4 is 5.63 Å². The van der Waals surface area contributed by atoms with Crippen LogP contribution in [0.2, 0.25) is 0 Å². The van der Waals surface area contributed by atoms with Crippen molar-refractivity contribution in [2.45, 2.75) is 0 Å². The van der Waals surface area contributed by atoms with Gasteiger partial charge in [-0.25, -0.2) is 4.79 Å². The van der Waals surface area contributed by atoms with Crippen LogP contribution in [0.15, 0.2) is 54.8 Å². The lowest BCUT2D eigenvalue weighted by Gasteiger charge is -2.02. The first-order valence-electron chi connectivity index (χ1n) is 6.23. The predicted molar refractivity (Wildman–Crippen MR) is 83.0 cm³/mol. The molecule has 0 fully saturated rings. The van der Waals surface area contributed by atoms with Gasteiger partial charge in [0.05, 0.1) is 0 Å². The standard InChI is InChI=1S/C15H9BrN2O4/c16-15-18-17-13(22-15)7-6-10-11(19)8-12(21-14(10)20)9-4-2-1-3-5-9/h1-8,19H/b7-6+. The largest absolute Gasteiger partial charge is 0.507 e. The predicted octanol–water partition coefficient (Wildman–Crippen LogP) is 3.33. The van der Waals surface area contributed by atoms with Gasteiger partial charge in [0.1, 0.15) is 17.1 Å². The van der Waals surface area contributed by atoms with Crippen molar-refractivity contribution in [1.29, 1.82) is 0 Å². The van der Waals surface area contributed by atoms with Crippen LogP contribution in [0.3, 0.4) is 0 Å². The third-order valence-corrected chi connectivity index (χ3v) is 3.15. The van der Waals surface area contributed by atoms with Crippen molar-refractivity contribution in [1.82, 2.24) is 10.2 Å². The molecule has 22 heavy (non-hydrogen) atoms. The van der Waals surface area contributed by atoms with E-state index in [1.165, 1.54) is 18.2 Å². The molecule has 0 aliphatic heterocycles. The normalized spacial score (nSPS) is 11.1. The highest BCUT2D eigenvalue weighted by Gasteiger charge is 2.10. The molecule has 0 saturated carbocycles. The first-order chi connectivity index (χ1) is 10.6. The Morgan fingerprint density at radius 1 is 1.09 bits per heavy atom. The zero-order valence-corrected chi connectivity index (χ0v) is 12.6. The number of benzene rings is 1. The molecule has 7 heteroatoms. The second-order valence-corrected chi connectivity index (χ2v) is 4.97. The Morgan fingerprint density at radius 2 is 1.86 bits per heavy atom. The third kappa shape index (κ3) is 2.99. The number of nitrogens with zero attached hydrogens (tertiary/aromatic N) is 2. The van der Waals surface area contributed by atoms with Gasteiger partial charge in [-0.3, -0.25) is 0 Å². The van der Waals surface area contributed by atoms with E-state index >= 15 is 0 Å². The number of hydrogen-bond acceptors (Lipinski definition) is 6. The first kappa shape index (κ1) is 14.3. The SMILES string of the molecule is O=c1oc(-c2ccccc2)cc(O)c1/C=C/c1nnc(Br)o1. The number of aromatic nitrogens is 2. The molecule has 6 nitrogen and oxygen atoms in total. The summed E-state index contributed by atoms with van der Waals surface area (Å²) in [4.78, 5) is 12.2. The molecule has 0 aliphatic rings. The molecule has 1 N–H and O–H groups in total. The van der Waals surface area contributed by atoms with Crippen LogP contribution in [-0.2, 0) is 0 Å². The molecule has 0 atom stereocenters. The maximum absolute atomic E-state index is 12.0. The Labute approximate surface area is 132 Å². The zero-order chi connectivity index (χ0) is 15.5. The van der Waals surface area contributed by atoms with Gasteiger partial charge in [0.2, 0.25) is 5.89 Å². The second kappa shape index (κ2) is 5.98. The highest BCUT2D eigenvalue weighted by Crippen LogP contribution is 2.24. The number of halogens is 1. The molecule has 0 bridgehead atoms. The van der Waals surface area contributed by atoms with Gasteiger partial charge in [-0.15, -0.1) is 10.2 Å². The molecule has 3 aromatic rings. The van der Waals surface area contributed by atoms with E-state index in [0.29, 0.717) is 11.3 Å². The van der Waals surface area contributed by atoms with E-state index in [1.54, 1.807) is 12.1 Å². The van der Waals surface area contributed by atoms with Crippen molar-refractivity contribution in [3.8, 4) is 17.1 Å². The topological polar surface area (TPSA) is 89.4 Å². The smallest absolute Gasteiger partial charge is 0.347 e.